The van der Waals surface area contributed by atoms with Crippen LogP contribution in [0.4, 0.5) is 23.2 Å². The van der Waals surface area contributed by atoms with E-state index < -0.39 is 65.5 Å². The van der Waals surface area contributed by atoms with Crippen molar-refractivity contribution in [3.05, 3.63) is 29.3 Å². The van der Waals surface area contributed by atoms with E-state index in [1.807, 2.05) is 13.8 Å². The number of hydrogen-bond donors (Lipinski definition) is 1. The Morgan fingerprint density at radius 3 is 2.38 bits per heavy atom. The third-order valence-corrected chi connectivity index (χ3v) is 3.95. The Morgan fingerprint density at radius 1 is 1.17 bits per heavy atom. The van der Waals surface area contributed by atoms with Gasteiger partial charge in [-0.05, 0) is 12.3 Å². The molecule has 0 atom stereocenters. The molecule has 1 heterocycles. The molecule has 0 aliphatic carbocycles. The van der Waals surface area contributed by atoms with Crippen LogP contribution >= 0.6 is 0 Å². The number of esters is 1. The monoisotopic (exact) mass is 417 g/mol. The molecular formula is C18H19F4N3O4. The fourth-order valence-corrected chi connectivity index (χ4v) is 2.39. The van der Waals surface area contributed by atoms with Crippen molar-refractivity contribution < 1.29 is 36.7 Å². The lowest BCUT2D eigenvalue weighted by Crippen LogP contribution is -2.37. The van der Waals surface area contributed by atoms with Crippen molar-refractivity contribution in [3.8, 4) is 0 Å². The molecule has 2 rings (SSSR count). The highest BCUT2D eigenvalue weighted by Gasteiger charge is 2.33. The number of nitrogens with one attached hydrogen (secondary N) is 1. The van der Waals surface area contributed by atoms with E-state index in [2.05, 4.69) is 10.4 Å². The van der Waals surface area contributed by atoms with E-state index in [9.17, 15) is 31.9 Å². The van der Waals surface area contributed by atoms with Crippen LogP contribution in [0, 0.1) is 29.2 Å². The van der Waals surface area contributed by atoms with E-state index in [0.717, 1.165) is 6.42 Å². The number of rotatable bonds is 7. The Bertz CT molecular complexity index is 832. The fraction of sp³-hybridized carbons (Fsp3) is 0.444. The summed E-state index contributed by atoms with van der Waals surface area (Å²) in [6.45, 7) is 3.70. The smallest absolute Gasteiger partial charge is 0.355 e. The van der Waals surface area contributed by atoms with Crippen molar-refractivity contribution in [3.63, 3.8) is 0 Å². The number of hydrazone groups is 1. The van der Waals surface area contributed by atoms with Gasteiger partial charge in [-0.1, -0.05) is 13.8 Å². The molecule has 1 aliphatic heterocycles. The first-order valence-corrected chi connectivity index (χ1v) is 8.79. The predicted molar refractivity (Wildman–Crippen MR) is 93.9 cm³/mol. The molecule has 0 spiro atoms. The number of carbonyl (C=O) groups is 3. The number of ether oxygens (including phenoxy) is 1. The number of nitrogens with zero attached hydrogens (tertiary/aromatic N) is 2. The van der Waals surface area contributed by atoms with Crippen molar-refractivity contribution in [1.82, 2.24) is 5.32 Å². The summed E-state index contributed by atoms with van der Waals surface area (Å²) in [5.74, 6) is -9.39. The molecule has 158 valence electrons. The summed E-state index contributed by atoms with van der Waals surface area (Å²) < 4.78 is 59.5. The maximum Gasteiger partial charge on any atom is 0.355 e. The van der Waals surface area contributed by atoms with Crippen molar-refractivity contribution in [2.24, 2.45) is 11.0 Å². The molecule has 0 saturated carbocycles. The van der Waals surface area contributed by atoms with Gasteiger partial charge in [0.2, 0.25) is 5.91 Å². The molecule has 2 amide bonds. The maximum atomic E-state index is 13.9. The van der Waals surface area contributed by atoms with Gasteiger partial charge in [0, 0.05) is 25.5 Å². The lowest BCUT2D eigenvalue weighted by Gasteiger charge is -2.23. The first-order chi connectivity index (χ1) is 13.6. The summed E-state index contributed by atoms with van der Waals surface area (Å²) >= 11 is 0. The molecule has 1 N–H and O–H groups in total. The zero-order valence-corrected chi connectivity index (χ0v) is 15.7. The van der Waals surface area contributed by atoms with Crippen LogP contribution in [0.2, 0.25) is 0 Å². The highest BCUT2D eigenvalue weighted by molar-refractivity contribution is 6.38. The van der Waals surface area contributed by atoms with Crippen LogP contribution in [0.1, 0.15) is 33.1 Å². The van der Waals surface area contributed by atoms with Gasteiger partial charge >= 0.3 is 5.97 Å². The summed E-state index contributed by atoms with van der Waals surface area (Å²) in [6, 6.07) is -0.0145. The van der Waals surface area contributed by atoms with Crippen LogP contribution in [0.5, 0.6) is 0 Å². The van der Waals surface area contributed by atoms with Crippen molar-refractivity contribution in [2.75, 3.05) is 18.2 Å². The highest BCUT2D eigenvalue weighted by Crippen LogP contribution is 2.30. The first-order valence-electron chi connectivity index (χ1n) is 8.79. The number of benzene rings is 1. The SMILES string of the molecule is CC(C)CCNC(=O)COC(=O)C1=NN(c2c(F)c(F)cc(F)c2F)C(=O)CC1. The molecule has 0 aromatic heterocycles. The molecular weight excluding hydrogens is 398 g/mol. The minimum absolute atomic E-state index is 0.0145. The van der Waals surface area contributed by atoms with Crippen LogP contribution in [-0.4, -0.2) is 36.6 Å². The third kappa shape index (κ3) is 5.52. The van der Waals surface area contributed by atoms with Crippen molar-refractivity contribution >= 4 is 29.2 Å². The quantitative estimate of drug-likeness (QED) is 0.419. The second-order valence-corrected chi connectivity index (χ2v) is 6.68. The topological polar surface area (TPSA) is 88.1 Å². The lowest BCUT2D eigenvalue weighted by molar-refractivity contribution is -0.142. The largest absolute Gasteiger partial charge is 0.451 e. The Labute approximate surface area is 163 Å². The summed E-state index contributed by atoms with van der Waals surface area (Å²) in [5, 5.41) is 6.10. The van der Waals surface area contributed by atoms with E-state index >= 15 is 0 Å². The molecule has 1 aromatic carbocycles. The van der Waals surface area contributed by atoms with E-state index in [1.54, 1.807) is 0 Å². The summed E-state index contributed by atoms with van der Waals surface area (Å²) in [5.41, 5.74) is -1.80. The molecule has 1 aliphatic rings. The normalized spacial score (nSPS) is 14.1. The van der Waals surface area contributed by atoms with E-state index in [1.165, 1.54) is 0 Å². The number of carbonyl (C=O) groups excluding carboxylic acids is 3. The Balaban J connectivity index is 2.12. The summed E-state index contributed by atoms with van der Waals surface area (Å²) in [7, 11) is 0. The van der Waals surface area contributed by atoms with Crippen LogP contribution in [-0.2, 0) is 19.1 Å². The minimum atomic E-state index is -1.83. The molecule has 29 heavy (non-hydrogen) atoms. The Kier molecular flexibility index (Phi) is 7.29. The van der Waals surface area contributed by atoms with Crippen LogP contribution in [0.25, 0.3) is 0 Å². The molecule has 0 unspecified atom stereocenters. The molecule has 0 bridgehead atoms. The Morgan fingerprint density at radius 2 is 1.79 bits per heavy atom. The average Bonchev–Trinajstić information content (AvgIpc) is 2.65. The zero-order chi connectivity index (χ0) is 21.7. The summed E-state index contributed by atoms with van der Waals surface area (Å²) in [4.78, 5) is 35.7. The van der Waals surface area contributed by atoms with Crippen LogP contribution < -0.4 is 10.3 Å². The second-order valence-electron chi connectivity index (χ2n) is 6.68. The van der Waals surface area contributed by atoms with Gasteiger partial charge in [-0.15, -0.1) is 0 Å². The van der Waals surface area contributed by atoms with Crippen molar-refractivity contribution in [1.29, 1.82) is 0 Å². The minimum Gasteiger partial charge on any atom is -0.451 e. The van der Waals surface area contributed by atoms with Gasteiger partial charge in [-0.2, -0.15) is 10.1 Å². The lowest BCUT2D eigenvalue weighted by atomic mass is 10.1. The first kappa shape index (κ1) is 22.3. The summed E-state index contributed by atoms with van der Waals surface area (Å²) in [6.07, 6.45) is 0.0838. The van der Waals surface area contributed by atoms with Gasteiger partial charge in [0.1, 0.15) is 11.4 Å². The predicted octanol–water partition coefficient (Wildman–Crippen LogP) is 2.43. The highest BCUT2D eigenvalue weighted by atomic mass is 19.2. The van der Waals surface area contributed by atoms with E-state index in [4.69, 9.17) is 4.74 Å². The molecule has 0 radical (unpaired) electrons. The molecule has 1 aromatic rings. The standard InChI is InChI=1S/C18H19F4N3O4/c1-9(2)5-6-23-13(26)8-29-18(28)12-3-4-14(27)25(24-12)17-15(21)10(19)7-11(20)16(17)22/h7,9H,3-6,8H2,1-2H3,(H,23,26). The Hall–Kier alpha value is -2.98. The number of amides is 2. The van der Waals surface area contributed by atoms with Gasteiger partial charge in [0.05, 0.1) is 0 Å². The average molecular weight is 417 g/mol. The third-order valence-electron chi connectivity index (χ3n) is 3.95. The molecule has 7 nitrogen and oxygen atoms in total. The number of hydrogen-bond acceptors (Lipinski definition) is 5. The molecule has 11 heteroatoms. The van der Waals surface area contributed by atoms with E-state index in [0.29, 0.717) is 12.5 Å². The second kappa shape index (κ2) is 9.48. The molecule has 0 saturated heterocycles. The number of halogens is 4. The van der Waals surface area contributed by atoms with Crippen molar-refractivity contribution in [2.45, 2.75) is 33.1 Å². The molecule has 0 fully saturated rings. The number of anilines is 1. The fourth-order valence-electron chi connectivity index (χ4n) is 2.39. The van der Waals surface area contributed by atoms with Gasteiger partial charge < -0.3 is 10.1 Å². The van der Waals surface area contributed by atoms with Crippen LogP contribution in [0.15, 0.2) is 11.2 Å². The van der Waals surface area contributed by atoms with Gasteiger partial charge in [0.15, 0.2) is 29.9 Å². The zero-order valence-electron chi connectivity index (χ0n) is 15.7. The van der Waals surface area contributed by atoms with Gasteiger partial charge in [0.25, 0.3) is 5.91 Å². The van der Waals surface area contributed by atoms with Gasteiger partial charge in [-0.25, -0.2) is 22.4 Å². The van der Waals surface area contributed by atoms with E-state index in [-0.39, 0.29) is 17.5 Å². The van der Waals surface area contributed by atoms with Gasteiger partial charge in [-0.3, -0.25) is 9.59 Å². The van der Waals surface area contributed by atoms with Crippen LogP contribution in [0.3, 0.4) is 0 Å². The maximum absolute atomic E-state index is 13.9.